The zero-order valence-electron chi connectivity index (χ0n) is 13.5. The third-order valence-electron chi connectivity index (χ3n) is 4.62. The first-order valence-corrected chi connectivity index (χ1v) is 7.76. The molecule has 2 aromatic rings. The molecule has 2 N–H and O–H groups in total. The molecule has 2 aromatic carbocycles. The summed E-state index contributed by atoms with van der Waals surface area (Å²) in [4.78, 5) is 24.0. The van der Waals surface area contributed by atoms with E-state index in [-0.39, 0.29) is 11.5 Å². The van der Waals surface area contributed by atoms with Gasteiger partial charge in [-0.2, -0.15) is 0 Å². The van der Waals surface area contributed by atoms with Gasteiger partial charge in [-0.3, -0.25) is 4.79 Å². The molecule has 24 heavy (non-hydrogen) atoms. The fourth-order valence-corrected chi connectivity index (χ4v) is 3.05. The molecule has 5 heteroatoms. The number of carbonyl (C=O) groups is 2. The van der Waals surface area contributed by atoms with Crippen molar-refractivity contribution < 1.29 is 19.1 Å². The molecule has 1 amide bonds. The van der Waals surface area contributed by atoms with Crippen LogP contribution in [0.25, 0.3) is 0 Å². The van der Waals surface area contributed by atoms with Crippen molar-refractivity contribution in [1.82, 2.24) is 0 Å². The average Bonchev–Trinajstić information content (AvgIpc) is 3.31. The first-order valence-electron chi connectivity index (χ1n) is 7.76. The van der Waals surface area contributed by atoms with Crippen LogP contribution in [0.3, 0.4) is 0 Å². The second-order valence-electron chi connectivity index (χ2n) is 6.30. The SMILES string of the molecule is Cc1cc(C)c(C(=O)O)cc1NC(=O)C1(c2ccccc2F)CC1. The minimum atomic E-state index is -1.04. The molecule has 4 nitrogen and oxygen atoms in total. The van der Waals surface area contributed by atoms with Gasteiger partial charge >= 0.3 is 5.97 Å². The van der Waals surface area contributed by atoms with Gasteiger partial charge in [-0.05, 0) is 49.9 Å². The number of aryl methyl sites for hydroxylation is 2. The van der Waals surface area contributed by atoms with Crippen molar-refractivity contribution in [3.05, 3.63) is 64.5 Å². The van der Waals surface area contributed by atoms with Crippen LogP contribution < -0.4 is 5.32 Å². The van der Waals surface area contributed by atoms with E-state index in [1.807, 2.05) is 0 Å². The van der Waals surface area contributed by atoms with Crippen LogP contribution in [0.1, 0.15) is 39.9 Å². The van der Waals surface area contributed by atoms with Gasteiger partial charge in [0.15, 0.2) is 0 Å². The summed E-state index contributed by atoms with van der Waals surface area (Å²) in [7, 11) is 0. The van der Waals surface area contributed by atoms with Crippen LogP contribution in [0.2, 0.25) is 0 Å². The molecule has 1 saturated carbocycles. The van der Waals surface area contributed by atoms with Gasteiger partial charge in [-0.15, -0.1) is 0 Å². The minimum absolute atomic E-state index is 0.145. The third-order valence-corrected chi connectivity index (χ3v) is 4.62. The molecule has 0 saturated heterocycles. The Bertz CT molecular complexity index is 841. The molecule has 1 aliphatic carbocycles. The summed E-state index contributed by atoms with van der Waals surface area (Å²) in [6.45, 7) is 3.51. The first-order chi connectivity index (χ1) is 11.3. The van der Waals surface area contributed by atoms with E-state index in [2.05, 4.69) is 5.32 Å². The summed E-state index contributed by atoms with van der Waals surface area (Å²) in [5, 5.41) is 12.0. The minimum Gasteiger partial charge on any atom is -0.478 e. The number of carbonyl (C=O) groups excluding carboxylic acids is 1. The molecule has 0 heterocycles. The molecule has 1 aliphatic rings. The van der Waals surface area contributed by atoms with Crippen molar-refractivity contribution in [3.8, 4) is 0 Å². The number of benzene rings is 2. The number of nitrogens with one attached hydrogen (secondary N) is 1. The number of aromatic carboxylic acids is 1. The summed E-state index contributed by atoms with van der Waals surface area (Å²) in [5.74, 6) is -1.73. The summed E-state index contributed by atoms with van der Waals surface area (Å²) in [6.07, 6.45) is 1.16. The summed E-state index contributed by atoms with van der Waals surface area (Å²) in [5.41, 5.74) is 1.54. The van der Waals surface area contributed by atoms with Crippen LogP contribution in [0, 0.1) is 19.7 Å². The van der Waals surface area contributed by atoms with Gasteiger partial charge in [0.05, 0.1) is 11.0 Å². The normalized spacial score (nSPS) is 15.0. The maximum atomic E-state index is 14.1. The second kappa shape index (κ2) is 5.74. The molecule has 3 rings (SSSR count). The number of rotatable bonds is 4. The predicted molar refractivity (Wildman–Crippen MR) is 88.8 cm³/mol. The van der Waals surface area contributed by atoms with Crippen LogP contribution in [-0.2, 0) is 10.2 Å². The van der Waals surface area contributed by atoms with E-state index in [1.165, 1.54) is 12.1 Å². The molecular weight excluding hydrogens is 309 g/mol. The largest absolute Gasteiger partial charge is 0.478 e. The summed E-state index contributed by atoms with van der Waals surface area (Å²) >= 11 is 0. The molecule has 0 atom stereocenters. The van der Waals surface area contributed by atoms with Gasteiger partial charge in [0.1, 0.15) is 5.82 Å². The van der Waals surface area contributed by atoms with E-state index >= 15 is 0 Å². The highest BCUT2D eigenvalue weighted by Crippen LogP contribution is 2.50. The van der Waals surface area contributed by atoms with Crippen molar-refractivity contribution >= 4 is 17.6 Å². The molecule has 0 bridgehead atoms. The number of halogens is 1. The molecular formula is C19H18FNO3. The average molecular weight is 327 g/mol. The fraction of sp³-hybridized carbons (Fsp3) is 0.263. The maximum Gasteiger partial charge on any atom is 0.336 e. The molecule has 0 unspecified atom stereocenters. The van der Waals surface area contributed by atoms with E-state index in [0.717, 1.165) is 5.56 Å². The number of amides is 1. The Labute approximate surface area is 139 Å². The summed E-state index contributed by atoms with van der Waals surface area (Å²) in [6, 6.07) is 9.47. The van der Waals surface area contributed by atoms with Gasteiger partial charge in [0, 0.05) is 11.3 Å². The first kappa shape index (κ1) is 16.2. The van der Waals surface area contributed by atoms with Gasteiger partial charge in [0.2, 0.25) is 5.91 Å². The molecule has 0 spiro atoms. The predicted octanol–water partition coefficient (Wildman–Crippen LogP) is 3.81. The number of carboxylic acids is 1. The van der Waals surface area contributed by atoms with Gasteiger partial charge in [-0.25, -0.2) is 9.18 Å². The highest BCUT2D eigenvalue weighted by Gasteiger charge is 2.52. The van der Waals surface area contributed by atoms with Crippen molar-refractivity contribution in [2.75, 3.05) is 5.32 Å². The van der Waals surface area contributed by atoms with Gasteiger partial charge < -0.3 is 10.4 Å². The lowest BCUT2D eigenvalue weighted by molar-refractivity contribution is -0.118. The highest BCUT2D eigenvalue weighted by atomic mass is 19.1. The Kier molecular flexibility index (Phi) is 3.87. The topological polar surface area (TPSA) is 66.4 Å². The number of carboxylic acid groups (broad SMARTS) is 1. The summed E-state index contributed by atoms with van der Waals surface area (Å²) < 4.78 is 14.1. The zero-order chi connectivity index (χ0) is 17.5. The monoisotopic (exact) mass is 327 g/mol. The quantitative estimate of drug-likeness (QED) is 0.897. The van der Waals surface area contributed by atoms with Crippen LogP contribution in [0.4, 0.5) is 10.1 Å². The maximum absolute atomic E-state index is 14.1. The Morgan fingerprint density at radius 1 is 1.12 bits per heavy atom. The Hall–Kier alpha value is -2.69. The van der Waals surface area contributed by atoms with Crippen molar-refractivity contribution in [2.24, 2.45) is 0 Å². The molecule has 0 radical (unpaired) electrons. The van der Waals surface area contributed by atoms with Gasteiger partial charge in [0.25, 0.3) is 0 Å². The van der Waals surface area contributed by atoms with Crippen LogP contribution in [0.5, 0.6) is 0 Å². The second-order valence-corrected chi connectivity index (χ2v) is 6.30. The van der Waals surface area contributed by atoms with E-state index in [1.54, 1.807) is 38.1 Å². The lowest BCUT2D eigenvalue weighted by Gasteiger charge is -2.18. The molecule has 0 aliphatic heterocycles. The van der Waals surface area contributed by atoms with E-state index < -0.39 is 17.2 Å². The smallest absolute Gasteiger partial charge is 0.336 e. The lowest BCUT2D eigenvalue weighted by Crippen LogP contribution is -2.29. The van der Waals surface area contributed by atoms with Crippen molar-refractivity contribution in [3.63, 3.8) is 0 Å². The van der Waals surface area contributed by atoms with Crippen molar-refractivity contribution in [2.45, 2.75) is 32.1 Å². The molecule has 0 aromatic heterocycles. The van der Waals surface area contributed by atoms with E-state index in [4.69, 9.17) is 0 Å². The zero-order valence-corrected chi connectivity index (χ0v) is 13.5. The highest BCUT2D eigenvalue weighted by molar-refractivity contribution is 6.03. The fourth-order valence-electron chi connectivity index (χ4n) is 3.05. The Morgan fingerprint density at radius 2 is 1.79 bits per heavy atom. The van der Waals surface area contributed by atoms with E-state index in [0.29, 0.717) is 29.7 Å². The van der Waals surface area contributed by atoms with Crippen LogP contribution >= 0.6 is 0 Å². The number of hydrogen-bond donors (Lipinski definition) is 2. The van der Waals surface area contributed by atoms with E-state index in [9.17, 15) is 19.1 Å². The Balaban J connectivity index is 1.92. The lowest BCUT2D eigenvalue weighted by atomic mass is 9.94. The van der Waals surface area contributed by atoms with Crippen LogP contribution in [-0.4, -0.2) is 17.0 Å². The third kappa shape index (κ3) is 2.66. The standard InChI is InChI=1S/C19H18FNO3/c1-11-9-12(2)16(10-13(11)17(22)23)21-18(24)19(7-8-19)14-5-3-4-6-15(14)20/h3-6,9-10H,7-8H2,1-2H3,(H,21,24)(H,22,23). The number of anilines is 1. The number of hydrogen-bond acceptors (Lipinski definition) is 2. The molecule has 1 fully saturated rings. The van der Waals surface area contributed by atoms with Crippen molar-refractivity contribution in [1.29, 1.82) is 0 Å². The van der Waals surface area contributed by atoms with Crippen LogP contribution in [0.15, 0.2) is 36.4 Å². The Morgan fingerprint density at radius 3 is 2.38 bits per heavy atom. The molecule has 124 valence electrons. The van der Waals surface area contributed by atoms with Gasteiger partial charge in [-0.1, -0.05) is 24.3 Å².